The Morgan fingerprint density at radius 1 is 1.24 bits per heavy atom. The van der Waals surface area contributed by atoms with Crippen LogP contribution in [0.1, 0.15) is 32.6 Å². The van der Waals surface area contributed by atoms with Crippen LogP contribution in [0.3, 0.4) is 0 Å². The van der Waals surface area contributed by atoms with Gasteiger partial charge < -0.3 is 4.90 Å². The number of allylic oxidation sites excluding steroid dienone is 1. The highest BCUT2D eigenvalue weighted by atomic mass is 35.5. The van der Waals surface area contributed by atoms with E-state index in [1.807, 2.05) is 11.8 Å². The molecule has 0 radical (unpaired) electrons. The fraction of sp³-hybridized carbons (Fsp3) is 0.682. The Kier molecular flexibility index (Phi) is 8.39. The number of nitrogens with zero attached hydrogens (tertiary/aromatic N) is 4. The summed E-state index contributed by atoms with van der Waals surface area (Å²) in [6.07, 6.45) is 9.40. The number of pyridine rings is 1. The first kappa shape index (κ1) is 25.4. The van der Waals surface area contributed by atoms with Crippen molar-refractivity contribution in [2.75, 3.05) is 55.1 Å². The lowest BCUT2D eigenvalue weighted by Crippen LogP contribution is -2.58. The monoisotopic (exact) mass is 533 g/mol. The number of rotatable bonds is 7. The van der Waals surface area contributed by atoms with Crippen molar-refractivity contribution < 1.29 is 8.42 Å². The van der Waals surface area contributed by atoms with Gasteiger partial charge in [-0.3, -0.25) is 14.5 Å². The highest BCUT2D eigenvalue weighted by molar-refractivity contribution is 8.05. The van der Waals surface area contributed by atoms with E-state index in [1.165, 1.54) is 23.9 Å². The zero-order valence-electron chi connectivity index (χ0n) is 19.2. The summed E-state index contributed by atoms with van der Waals surface area (Å²) in [5.41, 5.74) is 0.386. The largest absolute Gasteiger partial charge is 0.353 e. The topological polar surface area (TPSA) is 68.8 Å². The molecule has 0 saturated carbocycles. The van der Waals surface area contributed by atoms with Crippen molar-refractivity contribution in [3.63, 3.8) is 0 Å². The first-order chi connectivity index (χ1) is 15.7. The molecule has 33 heavy (non-hydrogen) atoms. The van der Waals surface area contributed by atoms with Gasteiger partial charge in [-0.15, -0.1) is 23.4 Å². The predicted octanol–water partition coefficient (Wildman–Crippen LogP) is 4.06. The van der Waals surface area contributed by atoms with Gasteiger partial charge in [0.2, 0.25) is 10.0 Å². The van der Waals surface area contributed by atoms with Gasteiger partial charge in [0.25, 0.3) is 0 Å². The lowest BCUT2D eigenvalue weighted by atomic mass is 9.98. The van der Waals surface area contributed by atoms with Gasteiger partial charge in [-0.25, -0.2) is 13.4 Å². The number of hydrogen-bond acceptors (Lipinski definition) is 7. The van der Waals surface area contributed by atoms with E-state index in [4.69, 9.17) is 23.2 Å². The maximum Gasteiger partial charge on any atom is 0.229 e. The molecule has 184 valence electrons. The summed E-state index contributed by atoms with van der Waals surface area (Å²) in [4.78, 5) is 13.4. The number of thioether (sulfide) groups is 1. The minimum Gasteiger partial charge on any atom is -0.353 e. The zero-order chi connectivity index (χ0) is 23.6. The fourth-order valence-electron chi connectivity index (χ4n) is 5.06. The third-order valence-electron chi connectivity index (χ3n) is 6.64. The van der Waals surface area contributed by atoms with Crippen molar-refractivity contribution >= 4 is 56.5 Å². The third kappa shape index (κ3) is 6.70. The molecule has 4 rings (SSSR count). The molecule has 0 spiro atoms. The van der Waals surface area contributed by atoms with Gasteiger partial charge in [0.05, 0.1) is 27.9 Å². The quantitative estimate of drug-likeness (QED) is 0.530. The average Bonchev–Trinajstić information content (AvgIpc) is 3.17. The molecule has 2 saturated heterocycles. The Morgan fingerprint density at radius 3 is 2.61 bits per heavy atom. The van der Waals surface area contributed by atoms with E-state index >= 15 is 0 Å². The van der Waals surface area contributed by atoms with E-state index in [2.05, 4.69) is 37.4 Å². The van der Waals surface area contributed by atoms with Gasteiger partial charge >= 0.3 is 0 Å². The van der Waals surface area contributed by atoms with Crippen molar-refractivity contribution in [2.45, 2.75) is 49.4 Å². The summed E-state index contributed by atoms with van der Waals surface area (Å²) in [7, 11) is -3.36. The number of nitrogens with one attached hydrogen (secondary N) is 1. The maximum absolute atomic E-state index is 11.5. The lowest BCUT2D eigenvalue weighted by Gasteiger charge is -2.47. The van der Waals surface area contributed by atoms with E-state index in [-0.39, 0.29) is 4.71 Å². The van der Waals surface area contributed by atoms with Gasteiger partial charge in [-0.2, -0.15) is 0 Å². The molecule has 1 aromatic heterocycles. The van der Waals surface area contributed by atoms with Gasteiger partial charge in [0, 0.05) is 38.3 Å². The first-order valence-electron chi connectivity index (χ1n) is 11.6. The summed E-state index contributed by atoms with van der Waals surface area (Å²) in [6.45, 7) is 8.28. The summed E-state index contributed by atoms with van der Waals surface area (Å²) in [5.74, 6) is 0.726. The molecule has 1 N–H and O–H groups in total. The van der Waals surface area contributed by atoms with Crippen molar-refractivity contribution in [3.05, 3.63) is 28.3 Å². The van der Waals surface area contributed by atoms with Gasteiger partial charge in [-0.1, -0.05) is 24.6 Å². The minimum atomic E-state index is -3.36. The maximum atomic E-state index is 11.5. The molecular weight excluding hydrogens is 501 g/mol. The van der Waals surface area contributed by atoms with Crippen LogP contribution in [-0.4, -0.2) is 85.5 Å². The second-order valence-electron chi connectivity index (χ2n) is 9.09. The molecule has 7 nitrogen and oxygen atoms in total. The second kappa shape index (κ2) is 10.9. The molecule has 4 heterocycles. The SMILES string of the molecule is CC[C@H]1CN(c2ncc(NS(C)(=O)=O)cc2Cl)CCN1C1CCN(CC2=CCC(Cl)S2)CC1. The van der Waals surface area contributed by atoms with E-state index in [0.29, 0.717) is 22.8 Å². The van der Waals surface area contributed by atoms with E-state index in [1.54, 1.807) is 6.07 Å². The highest BCUT2D eigenvalue weighted by Gasteiger charge is 2.34. The molecule has 3 aliphatic heterocycles. The first-order valence-corrected chi connectivity index (χ1v) is 15.2. The van der Waals surface area contributed by atoms with Crippen molar-refractivity contribution in [1.29, 1.82) is 0 Å². The molecule has 11 heteroatoms. The standard InChI is InChI=1S/C22H33Cl2N5O2S2/c1-3-17-14-28(22-20(23)12-16(13-25-22)26-33(2,30)31)10-11-29(17)18-6-8-27(9-7-18)15-19-4-5-21(24)32-19/h4,12-13,17-18,21,26H,3,5-11,14-15H2,1-2H3/t17-,21?/m0/s1. The van der Waals surface area contributed by atoms with Gasteiger partial charge in [0.1, 0.15) is 5.82 Å². The molecule has 2 fully saturated rings. The number of hydrogen-bond donors (Lipinski definition) is 1. The zero-order valence-corrected chi connectivity index (χ0v) is 22.4. The van der Waals surface area contributed by atoms with Crippen LogP contribution in [0.2, 0.25) is 5.02 Å². The number of aromatic nitrogens is 1. The Hall–Kier alpha value is -0.710. The number of alkyl halides is 1. The van der Waals surface area contributed by atoms with E-state index in [9.17, 15) is 8.42 Å². The van der Waals surface area contributed by atoms with Gasteiger partial charge in [-0.05, 0) is 49.7 Å². The number of likely N-dealkylation sites (tertiary alicyclic amines) is 1. The Morgan fingerprint density at radius 2 is 2.00 bits per heavy atom. The van der Waals surface area contributed by atoms with Crippen LogP contribution in [-0.2, 0) is 10.0 Å². The summed E-state index contributed by atoms with van der Waals surface area (Å²) in [6, 6.07) is 2.70. The van der Waals surface area contributed by atoms with Crippen LogP contribution in [0.25, 0.3) is 0 Å². The van der Waals surface area contributed by atoms with Crippen LogP contribution < -0.4 is 9.62 Å². The average molecular weight is 535 g/mol. The van der Waals surface area contributed by atoms with Crippen LogP contribution in [0.4, 0.5) is 11.5 Å². The molecule has 2 atom stereocenters. The minimum absolute atomic E-state index is 0.217. The summed E-state index contributed by atoms with van der Waals surface area (Å²) >= 11 is 14.5. The van der Waals surface area contributed by atoms with Crippen LogP contribution >= 0.6 is 35.0 Å². The van der Waals surface area contributed by atoms with Crippen LogP contribution in [0.15, 0.2) is 23.2 Å². The molecule has 0 aliphatic carbocycles. The number of piperidine rings is 1. The Labute approximate surface area is 211 Å². The molecule has 1 aromatic rings. The lowest BCUT2D eigenvalue weighted by molar-refractivity contribution is 0.0662. The van der Waals surface area contributed by atoms with Crippen molar-refractivity contribution in [3.8, 4) is 0 Å². The number of sulfonamides is 1. The molecule has 0 amide bonds. The molecule has 0 aromatic carbocycles. The Balaban J connectivity index is 1.33. The molecule has 3 aliphatic rings. The predicted molar refractivity (Wildman–Crippen MR) is 140 cm³/mol. The van der Waals surface area contributed by atoms with E-state index in [0.717, 1.165) is 64.2 Å². The normalized spacial score (nSPS) is 25.9. The third-order valence-corrected chi connectivity index (χ3v) is 9.02. The highest BCUT2D eigenvalue weighted by Crippen LogP contribution is 2.36. The van der Waals surface area contributed by atoms with Crippen LogP contribution in [0, 0.1) is 0 Å². The van der Waals surface area contributed by atoms with Crippen molar-refractivity contribution in [1.82, 2.24) is 14.8 Å². The smallest absolute Gasteiger partial charge is 0.229 e. The number of anilines is 2. The van der Waals surface area contributed by atoms with Gasteiger partial charge in [0.15, 0.2) is 0 Å². The molecule has 1 unspecified atom stereocenters. The molecular formula is C22H33Cl2N5O2S2. The summed E-state index contributed by atoms with van der Waals surface area (Å²) < 4.78 is 25.6. The second-order valence-corrected chi connectivity index (χ2v) is 13.4. The van der Waals surface area contributed by atoms with Crippen LogP contribution in [0.5, 0.6) is 0 Å². The fourth-order valence-corrected chi connectivity index (χ4v) is 7.28. The summed E-state index contributed by atoms with van der Waals surface area (Å²) in [5, 5.41) is 0.471. The number of piperazine rings is 1. The molecule has 0 bridgehead atoms. The Bertz CT molecular complexity index is 970. The van der Waals surface area contributed by atoms with E-state index < -0.39 is 10.0 Å². The van der Waals surface area contributed by atoms with Crippen molar-refractivity contribution in [2.24, 2.45) is 0 Å². The number of halogens is 2.